The van der Waals surface area contributed by atoms with E-state index in [1.54, 1.807) is 18.2 Å². The number of hydrogen-bond donors (Lipinski definition) is 8. The van der Waals surface area contributed by atoms with Gasteiger partial charge >= 0.3 is 11.9 Å². The van der Waals surface area contributed by atoms with Crippen LogP contribution in [0.1, 0.15) is 12.0 Å². The summed E-state index contributed by atoms with van der Waals surface area (Å²) >= 11 is 0. The van der Waals surface area contributed by atoms with Crippen LogP contribution in [-0.4, -0.2) is 147 Å². The third kappa shape index (κ3) is 8.13. The Balaban J connectivity index is 1.19. The smallest absolute Gasteiger partial charge is 0.337 e. The zero-order valence-electron chi connectivity index (χ0n) is 26.2. The Kier molecular flexibility index (Phi) is 12.1. The highest BCUT2D eigenvalue weighted by Crippen LogP contribution is 2.44. The highest BCUT2D eigenvalue weighted by molar-refractivity contribution is 5.89. The minimum absolute atomic E-state index is 0.0487. The molecule has 17 heteroatoms. The third-order valence-electron chi connectivity index (χ3n) is 8.85. The van der Waals surface area contributed by atoms with Gasteiger partial charge in [0.05, 0.1) is 38.1 Å². The lowest BCUT2D eigenvalue weighted by Gasteiger charge is -2.44. The van der Waals surface area contributed by atoms with Crippen LogP contribution in [0.2, 0.25) is 0 Å². The molecule has 2 saturated heterocycles. The monoisotopic (exact) mass is 696 g/mol. The molecule has 0 bridgehead atoms. The predicted octanol–water partition coefficient (Wildman–Crippen LogP) is -2.43. The first-order valence-corrected chi connectivity index (χ1v) is 15.5. The van der Waals surface area contributed by atoms with Gasteiger partial charge in [-0.3, -0.25) is 0 Å². The van der Waals surface area contributed by atoms with Gasteiger partial charge < -0.3 is 74.0 Å². The summed E-state index contributed by atoms with van der Waals surface area (Å²) < 4.78 is 38.3. The van der Waals surface area contributed by atoms with Gasteiger partial charge in [0.15, 0.2) is 12.6 Å². The molecule has 1 aromatic rings. The predicted molar refractivity (Wildman–Crippen MR) is 160 cm³/mol. The van der Waals surface area contributed by atoms with Crippen molar-refractivity contribution in [3.8, 4) is 5.75 Å². The molecule has 8 N–H and O–H groups in total. The summed E-state index contributed by atoms with van der Waals surface area (Å²) in [5, 5.41) is 82.6. The quantitative estimate of drug-likeness (QED) is 0.0679. The lowest BCUT2D eigenvalue weighted by Crippen LogP contribution is -2.62. The SMILES string of the molecule is COC(=O)C1=COC(OC2OC(COC3OC(COC(=O)C=Cc4ccc(O)cc4)C(O)C(O)C3O)C(O)C(O)C2O)C2C(CO)=CCC12. The Labute approximate surface area is 279 Å². The van der Waals surface area contributed by atoms with E-state index in [4.69, 9.17) is 33.2 Å². The Morgan fingerprint density at radius 2 is 1.49 bits per heavy atom. The molecule has 0 saturated carbocycles. The normalized spacial score (nSPS) is 37.5. The van der Waals surface area contributed by atoms with Crippen molar-refractivity contribution in [1.82, 2.24) is 0 Å². The molecule has 2 fully saturated rings. The number of methoxy groups -OCH3 is 1. The number of ether oxygens (including phenoxy) is 7. The first-order chi connectivity index (χ1) is 23.4. The number of carbonyl (C=O) groups excluding carboxylic acids is 2. The average molecular weight is 697 g/mol. The highest BCUT2D eigenvalue weighted by Gasteiger charge is 2.51. The summed E-state index contributed by atoms with van der Waals surface area (Å²) in [6.07, 6.45) is -12.0. The molecule has 13 atom stereocenters. The van der Waals surface area contributed by atoms with E-state index in [0.29, 0.717) is 17.6 Å². The van der Waals surface area contributed by atoms with E-state index in [2.05, 4.69) is 0 Å². The molecule has 0 spiro atoms. The fourth-order valence-corrected chi connectivity index (χ4v) is 6.06. The van der Waals surface area contributed by atoms with E-state index in [-0.39, 0.29) is 17.9 Å². The molecule has 3 aliphatic heterocycles. The van der Waals surface area contributed by atoms with Crippen LogP contribution in [0.3, 0.4) is 0 Å². The standard InChI is InChI=1S/C32H40O17/c1-43-29(42)18-11-45-30(22-15(10-33)5-8-17(18)22)49-32-28(41)26(39)24(37)20(48-32)13-46-31-27(40)25(38)23(36)19(47-31)12-44-21(35)9-4-14-2-6-16(34)7-3-14/h2-7,9,11,17,19-20,22-28,30-34,36-41H,8,10,12-13H2,1H3. The van der Waals surface area contributed by atoms with E-state index < -0.39 is 105 Å². The zero-order valence-corrected chi connectivity index (χ0v) is 26.2. The van der Waals surface area contributed by atoms with Crippen molar-refractivity contribution in [1.29, 1.82) is 0 Å². The van der Waals surface area contributed by atoms with Crippen molar-refractivity contribution < 1.29 is 83.6 Å². The fraction of sp³-hybridized carbons (Fsp3) is 0.562. The number of rotatable bonds is 11. The van der Waals surface area contributed by atoms with Gasteiger partial charge in [-0.1, -0.05) is 18.2 Å². The molecule has 5 rings (SSSR count). The van der Waals surface area contributed by atoms with Gasteiger partial charge in [0.2, 0.25) is 6.29 Å². The Bertz CT molecular complexity index is 1390. The lowest BCUT2D eigenvalue weighted by atomic mass is 9.83. The molecule has 17 nitrogen and oxygen atoms in total. The van der Waals surface area contributed by atoms with Crippen LogP contribution < -0.4 is 0 Å². The van der Waals surface area contributed by atoms with Gasteiger partial charge in [0.25, 0.3) is 0 Å². The number of hydrogen-bond acceptors (Lipinski definition) is 17. The maximum atomic E-state index is 12.3. The molecule has 1 aromatic carbocycles. The molecule has 1 aliphatic carbocycles. The molecule has 0 radical (unpaired) electrons. The van der Waals surface area contributed by atoms with Gasteiger partial charge in [-0.05, 0) is 35.8 Å². The van der Waals surface area contributed by atoms with Crippen LogP contribution in [0.5, 0.6) is 5.75 Å². The average Bonchev–Trinajstić information content (AvgIpc) is 3.55. The van der Waals surface area contributed by atoms with E-state index >= 15 is 0 Å². The second-order valence-corrected chi connectivity index (χ2v) is 11.9. The van der Waals surface area contributed by atoms with E-state index in [1.165, 1.54) is 25.3 Å². The van der Waals surface area contributed by atoms with E-state index in [1.807, 2.05) is 0 Å². The van der Waals surface area contributed by atoms with Crippen LogP contribution in [0.25, 0.3) is 6.08 Å². The summed E-state index contributed by atoms with van der Waals surface area (Å²) in [4.78, 5) is 24.5. The topological polar surface area (TPSA) is 261 Å². The third-order valence-corrected chi connectivity index (χ3v) is 8.85. The van der Waals surface area contributed by atoms with Gasteiger partial charge in [-0.25, -0.2) is 9.59 Å². The number of benzene rings is 1. The summed E-state index contributed by atoms with van der Waals surface area (Å²) in [6.45, 7) is -1.51. The number of fused-ring (bicyclic) bond motifs is 1. The van der Waals surface area contributed by atoms with Gasteiger partial charge in [-0.15, -0.1) is 0 Å². The Morgan fingerprint density at radius 3 is 2.14 bits per heavy atom. The van der Waals surface area contributed by atoms with Crippen LogP contribution in [-0.2, 0) is 42.7 Å². The fourth-order valence-electron chi connectivity index (χ4n) is 6.06. The summed E-state index contributed by atoms with van der Waals surface area (Å²) in [5.74, 6) is -2.54. The minimum atomic E-state index is -1.81. The molecule has 0 aromatic heterocycles. The largest absolute Gasteiger partial charge is 0.508 e. The van der Waals surface area contributed by atoms with Gasteiger partial charge in [-0.2, -0.15) is 0 Å². The van der Waals surface area contributed by atoms with E-state index in [9.17, 15) is 50.4 Å². The molecule has 270 valence electrons. The van der Waals surface area contributed by atoms with Crippen molar-refractivity contribution >= 4 is 18.0 Å². The van der Waals surface area contributed by atoms with Gasteiger partial charge in [0.1, 0.15) is 61.2 Å². The molecule has 49 heavy (non-hydrogen) atoms. The molecule has 0 amide bonds. The number of esters is 2. The number of aliphatic hydroxyl groups is 7. The summed E-state index contributed by atoms with van der Waals surface area (Å²) in [6, 6.07) is 5.98. The maximum Gasteiger partial charge on any atom is 0.337 e. The number of carbonyl (C=O) groups is 2. The van der Waals surface area contributed by atoms with Crippen molar-refractivity contribution in [2.75, 3.05) is 26.9 Å². The van der Waals surface area contributed by atoms with E-state index in [0.717, 1.165) is 12.3 Å². The molecular formula is C32H40O17. The Morgan fingerprint density at radius 1 is 0.857 bits per heavy atom. The van der Waals surface area contributed by atoms with Gasteiger partial charge in [0, 0.05) is 12.0 Å². The zero-order chi connectivity index (χ0) is 35.4. The molecule has 13 unspecified atom stereocenters. The number of allylic oxidation sites excluding steroid dienone is 1. The van der Waals surface area contributed by atoms with Crippen LogP contribution in [0, 0.1) is 11.8 Å². The van der Waals surface area contributed by atoms with Crippen molar-refractivity contribution in [2.24, 2.45) is 11.8 Å². The lowest BCUT2D eigenvalue weighted by molar-refractivity contribution is -0.352. The number of aromatic hydroxyl groups is 1. The van der Waals surface area contributed by atoms with Crippen molar-refractivity contribution in [2.45, 2.75) is 74.1 Å². The number of phenols is 1. The van der Waals surface area contributed by atoms with Crippen molar-refractivity contribution in [3.63, 3.8) is 0 Å². The first-order valence-electron chi connectivity index (χ1n) is 15.5. The maximum absolute atomic E-state index is 12.3. The summed E-state index contributed by atoms with van der Waals surface area (Å²) in [5.41, 5.74) is 1.32. The summed E-state index contributed by atoms with van der Waals surface area (Å²) in [7, 11) is 1.22. The number of aliphatic hydroxyl groups excluding tert-OH is 7. The van der Waals surface area contributed by atoms with Crippen LogP contribution in [0.15, 0.2) is 53.8 Å². The second kappa shape index (κ2) is 16.0. The minimum Gasteiger partial charge on any atom is -0.508 e. The van der Waals surface area contributed by atoms with Crippen LogP contribution in [0.4, 0.5) is 0 Å². The molecule has 4 aliphatic rings. The van der Waals surface area contributed by atoms with Crippen LogP contribution >= 0.6 is 0 Å². The highest BCUT2D eigenvalue weighted by atomic mass is 16.8. The first kappa shape index (κ1) is 36.8. The van der Waals surface area contributed by atoms with Crippen molar-refractivity contribution in [3.05, 3.63) is 59.4 Å². The second-order valence-electron chi connectivity index (χ2n) is 11.9. The Hall–Kier alpha value is -3.46. The molecule has 3 heterocycles. The molecular weight excluding hydrogens is 656 g/mol. The number of phenolic OH excluding ortho intramolecular Hbond substituents is 1.